The number of ketones is 1. The van der Waals surface area contributed by atoms with E-state index in [9.17, 15) is 9.70 Å². The fraction of sp³-hybridized carbons (Fsp3) is 0.417. The van der Waals surface area contributed by atoms with Crippen molar-refractivity contribution < 1.29 is 4.79 Å². The topological polar surface area (TPSA) is 46.5 Å². The average Bonchev–Trinajstić information content (AvgIpc) is 2.16. The molecule has 0 radical (unpaired) electrons. The molecule has 1 rings (SSSR count). The molecule has 0 heterocycles. The molecule has 0 N–H and O–H groups in total. The van der Waals surface area contributed by atoms with Gasteiger partial charge in [0.1, 0.15) is 5.69 Å². The number of hydrogen-bond acceptors (Lipinski definition) is 3. The third kappa shape index (κ3) is 2.98. The third-order valence-corrected chi connectivity index (χ3v) is 2.18. The smallest absolute Gasteiger partial charge is 0.162 e. The highest BCUT2D eigenvalue weighted by Crippen LogP contribution is 2.22. The predicted octanol–water partition coefficient (Wildman–Crippen LogP) is 3.49. The van der Waals surface area contributed by atoms with Gasteiger partial charge in [-0.05, 0) is 42.1 Å². The predicted molar refractivity (Wildman–Crippen MR) is 60.4 cm³/mol. The summed E-state index contributed by atoms with van der Waals surface area (Å²) in [7, 11) is 0. The summed E-state index contributed by atoms with van der Waals surface area (Å²) in [5.41, 5.74) is 1.70. The van der Waals surface area contributed by atoms with Crippen molar-refractivity contribution in [3.63, 3.8) is 0 Å². The van der Waals surface area contributed by atoms with Gasteiger partial charge in [0.15, 0.2) is 5.78 Å². The van der Waals surface area contributed by atoms with Crippen LogP contribution in [0.5, 0.6) is 0 Å². The molecule has 0 aromatic heterocycles. The fourth-order valence-electron chi connectivity index (χ4n) is 1.55. The maximum absolute atomic E-state index is 11.2. The minimum absolute atomic E-state index is 0.124. The summed E-state index contributed by atoms with van der Waals surface area (Å²) in [4.78, 5) is 21.7. The molecule has 0 amide bonds. The second-order valence-electron chi connectivity index (χ2n) is 4.10. The standard InChI is InChI=1S/C12H15NO2/c1-8(2)6-10-4-5-11(9(3)14)12(7-10)13-15/h4-5,7-8H,6H2,1-3H3. The van der Waals surface area contributed by atoms with Gasteiger partial charge in [-0.25, -0.2) is 0 Å². The number of nitroso groups, excluding NO2 is 1. The van der Waals surface area contributed by atoms with E-state index in [1.807, 2.05) is 6.07 Å². The molecule has 0 bridgehead atoms. The van der Waals surface area contributed by atoms with Gasteiger partial charge in [-0.15, -0.1) is 4.91 Å². The molecule has 3 heteroatoms. The fourth-order valence-corrected chi connectivity index (χ4v) is 1.55. The van der Waals surface area contributed by atoms with Crippen LogP contribution in [-0.4, -0.2) is 5.78 Å². The van der Waals surface area contributed by atoms with Crippen molar-refractivity contribution in [1.82, 2.24) is 0 Å². The molecular weight excluding hydrogens is 190 g/mol. The summed E-state index contributed by atoms with van der Waals surface area (Å²) in [6.07, 6.45) is 0.890. The lowest BCUT2D eigenvalue weighted by molar-refractivity contribution is 0.101. The van der Waals surface area contributed by atoms with Gasteiger partial charge in [0.05, 0.1) is 0 Å². The number of Topliss-reactive ketones (excluding diaryl/α,β-unsaturated/α-hetero) is 1. The Morgan fingerprint density at radius 3 is 2.53 bits per heavy atom. The zero-order chi connectivity index (χ0) is 11.4. The van der Waals surface area contributed by atoms with Crippen molar-refractivity contribution >= 4 is 11.5 Å². The molecule has 0 spiro atoms. The summed E-state index contributed by atoms with van der Waals surface area (Å²) in [5, 5.41) is 2.89. The molecule has 0 saturated carbocycles. The molecule has 0 saturated heterocycles. The average molecular weight is 205 g/mol. The van der Waals surface area contributed by atoms with E-state index >= 15 is 0 Å². The quantitative estimate of drug-likeness (QED) is 0.558. The molecule has 0 unspecified atom stereocenters. The van der Waals surface area contributed by atoms with Crippen LogP contribution in [0.1, 0.15) is 36.7 Å². The van der Waals surface area contributed by atoms with Gasteiger partial charge in [-0.2, -0.15) is 0 Å². The van der Waals surface area contributed by atoms with Crippen LogP contribution in [0.2, 0.25) is 0 Å². The highest BCUT2D eigenvalue weighted by molar-refractivity contribution is 5.98. The monoisotopic (exact) mass is 205 g/mol. The number of hydrogen-bond donors (Lipinski definition) is 0. The van der Waals surface area contributed by atoms with E-state index < -0.39 is 0 Å². The molecule has 0 aliphatic heterocycles. The Morgan fingerprint density at radius 1 is 1.40 bits per heavy atom. The number of benzene rings is 1. The molecule has 0 aliphatic rings. The van der Waals surface area contributed by atoms with Crippen molar-refractivity contribution in [2.45, 2.75) is 27.2 Å². The first-order valence-electron chi connectivity index (χ1n) is 5.01. The number of carbonyl (C=O) groups is 1. The maximum atomic E-state index is 11.2. The molecule has 1 aromatic rings. The maximum Gasteiger partial charge on any atom is 0.162 e. The highest BCUT2D eigenvalue weighted by atomic mass is 16.3. The van der Waals surface area contributed by atoms with E-state index in [2.05, 4.69) is 19.0 Å². The van der Waals surface area contributed by atoms with E-state index in [1.165, 1.54) is 6.92 Å². The van der Waals surface area contributed by atoms with E-state index in [1.54, 1.807) is 12.1 Å². The lowest BCUT2D eigenvalue weighted by atomic mass is 9.99. The van der Waals surface area contributed by atoms with E-state index in [0.29, 0.717) is 11.5 Å². The van der Waals surface area contributed by atoms with Crippen LogP contribution >= 0.6 is 0 Å². The van der Waals surface area contributed by atoms with Crippen molar-refractivity contribution in [3.8, 4) is 0 Å². The van der Waals surface area contributed by atoms with Gasteiger partial charge in [0.2, 0.25) is 0 Å². The molecule has 3 nitrogen and oxygen atoms in total. The first kappa shape index (κ1) is 11.6. The molecule has 0 fully saturated rings. The Hall–Kier alpha value is -1.51. The molecule has 0 aliphatic carbocycles. The van der Waals surface area contributed by atoms with Crippen LogP contribution in [0.15, 0.2) is 23.4 Å². The van der Waals surface area contributed by atoms with Crippen LogP contribution in [0.25, 0.3) is 0 Å². The lowest BCUT2D eigenvalue weighted by Crippen LogP contribution is -1.97. The SMILES string of the molecule is CC(=O)c1ccc(CC(C)C)cc1N=O. The minimum Gasteiger partial charge on any atom is -0.294 e. The van der Waals surface area contributed by atoms with Crippen molar-refractivity contribution in [2.24, 2.45) is 11.1 Å². The van der Waals surface area contributed by atoms with Crippen LogP contribution in [0.3, 0.4) is 0 Å². The van der Waals surface area contributed by atoms with Gasteiger partial charge in [-0.1, -0.05) is 19.9 Å². The van der Waals surface area contributed by atoms with Gasteiger partial charge in [0.25, 0.3) is 0 Å². The number of nitrogens with zero attached hydrogens (tertiary/aromatic N) is 1. The van der Waals surface area contributed by atoms with Gasteiger partial charge in [-0.3, -0.25) is 4.79 Å². The summed E-state index contributed by atoms with van der Waals surface area (Å²) < 4.78 is 0. The number of carbonyl (C=O) groups excluding carboxylic acids is 1. The zero-order valence-corrected chi connectivity index (χ0v) is 9.28. The Balaban J connectivity index is 3.07. The Bertz CT molecular complexity index is 383. The molecule has 15 heavy (non-hydrogen) atoms. The first-order chi connectivity index (χ1) is 7.04. The van der Waals surface area contributed by atoms with Crippen LogP contribution < -0.4 is 0 Å². The highest BCUT2D eigenvalue weighted by Gasteiger charge is 2.09. The lowest BCUT2D eigenvalue weighted by Gasteiger charge is -2.06. The zero-order valence-electron chi connectivity index (χ0n) is 9.28. The first-order valence-corrected chi connectivity index (χ1v) is 5.01. The summed E-state index contributed by atoms with van der Waals surface area (Å²) in [5.74, 6) is 0.397. The normalized spacial score (nSPS) is 10.4. The van der Waals surface area contributed by atoms with Crippen LogP contribution in [0.4, 0.5) is 5.69 Å². The van der Waals surface area contributed by atoms with Crippen molar-refractivity contribution in [3.05, 3.63) is 34.2 Å². The minimum atomic E-state index is -0.124. The Kier molecular flexibility index (Phi) is 3.72. The third-order valence-electron chi connectivity index (χ3n) is 2.18. The molecule has 1 aromatic carbocycles. The van der Waals surface area contributed by atoms with E-state index in [4.69, 9.17) is 0 Å². The van der Waals surface area contributed by atoms with Crippen molar-refractivity contribution in [1.29, 1.82) is 0 Å². The van der Waals surface area contributed by atoms with Crippen LogP contribution in [-0.2, 0) is 6.42 Å². The van der Waals surface area contributed by atoms with E-state index in [-0.39, 0.29) is 11.5 Å². The summed E-state index contributed by atoms with van der Waals surface area (Å²) in [6, 6.07) is 5.26. The Morgan fingerprint density at radius 2 is 2.07 bits per heavy atom. The second kappa shape index (κ2) is 4.82. The molecule has 0 atom stereocenters. The van der Waals surface area contributed by atoms with Crippen LogP contribution in [0, 0.1) is 10.8 Å². The van der Waals surface area contributed by atoms with Gasteiger partial charge < -0.3 is 0 Å². The number of rotatable bonds is 4. The largest absolute Gasteiger partial charge is 0.294 e. The molecular formula is C12H15NO2. The molecule has 80 valence electrons. The van der Waals surface area contributed by atoms with Gasteiger partial charge in [0, 0.05) is 5.56 Å². The van der Waals surface area contributed by atoms with Crippen molar-refractivity contribution in [2.75, 3.05) is 0 Å². The summed E-state index contributed by atoms with van der Waals surface area (Å²) >= 11 is 0. The summed E-state index contributed by atoms with van der Waals surface area (Å²) in [6.45, 7) is 5.64. The van der Waals surface area contributed by atoms with Gasteiger partial charge >= 0.3 is 0 Å². The Labute approximate surface area is 89.5 Å². The second-order valence-corrected chi connectivity index (χ2v) is 4.10. The van der Waals surface area contributed by atoms with E-state index in [0.717, 1.165) is 12.0 Å².